The molecule has 1 saturated heterocycles. The first-order valence-electron chi connectivity index (χ1n) is 11.1. The van der Waals surface area contributed by atoms with Gasteiger partial charge in [0.2, 0.25) is 0 Å². The second-order valence-corrected chi connectivity index (χ2v) is 10.9. The van der Waals surface area contributed by atoms with Crippen LogP contribution in [0.25, 0.3) is 6.08 Å². The Hall–Kier alpha value is -2.20. The Morgan fingerprint density at radius 1 is 1.03 bits per heavy atom. The molecule has 3 aromatic carbocycles. The Kier molecular flexibility index (Phi) is 8.87. The Balaban J connectivity index is 1.58. The molecule has 4 rings (SSSR count). The maximum absolute atomic E-state index is 13.1. The lowest BCUT2D eigenvalue weighted by Crippen LogP contribution is -2.27. The minimum Gasteiger partial charge on any atom is -0.490 e. The summed E-state index contributed by atoms with van der Waals surface area (Å²) in [6, 6.07) is 16.8. The average molecular weight is 654 g/mol. The lowest BCUT2D eigenvalue weighted by atomic mass is 10.1. The van der Waals surface area contributed by atoms with Crippen LogP contribution in [0, 0.1) is 10.5 Å². The molecule has 1 fully saturated rings. The number of ether oxygens (including phenoxy) is 2. The van der Waals surface area contributed by atoms with Crippen LogP contribution in [0.15, 0.2) is 59.5 Å². The Bertz CT molecular complexity index is 1340. The molecule has 9 heteroatoms. The van der Waals surface area contributed by atoms with E-state index in [1.807, 2.05) is 50.2 Å². The van der Waals surface area contributed by atoms with Crippen molar-refractivity contribution in [1.82, 2.24) is 4.90 Å². The van der Waals surface area contributed by atoms with Crippen molar-refractivity contribution in [2.75, 3.05) is 6.61 Å². The molecule has 0 atom stereocenters. The summed E-state index contributed by atoms with van der Waals surface area (Å²) in [5.74, 6) is 0.819. The van der Waals surface area contributed by atoms with Gasteiger partial charge >= 0.3 is 0 Å². The van der Waals surface area contributed by atoms with E-state index in [0.717, 1.165) is 36.9 Å². The van der Waals surface area contributed by atoms with Crippen molar-refractivity contribution >= 4 is 74.8 Å². The summed E-state index contributed by atoms with van der Waals surface area (Å²) in [4.78, 5) is 27.2. The smallest absolute Gasteiger partial charge is 0.293 e. The highest BCUT2D eigenvalue weighted by atomic mass is 127. The van der Waals surface area contributed by atoms with Crippen LogP contribution in [0.2, 0.25) is 10.0 Å². The molecule has 0 saturated carbocycles. The predicted molar refractivity (Wildman–Crippen MR) is 154 cm³/mol. The molecule has 0 aromatic heterocycles. The van der Waals surface area contributed by atoms with Gasteiger partial charge in [0.25, 0.3) is 11.1 Å². The number of carbonyl (C=O) groups excluding carboxylic acids is 2. The molecular formula is C27H22Cl2INO4S. The maximum Gasteiger partial charge on any atom is 0.293 e. The standard InChI is InChI=1S/C27H22Cl2INO4S/c1-3-34-23-12-17(11-22(30)25(23)35-15-18-8-5-4-7-16(18)2)13-24-26(32)31(27(33)36-24)14-19-20(28)9-6-10-21(19)29/h4-13H,3,14-15H2,1-2H3/b24-13-. The first-order chi connectivity index (χ1) is 17.3. The molecule has 0 aliphatic carbocycles. The van der Waals surface area contributed by atoms with Gasteiger partial charge in [0.05, 0.1) is 21.6 Å². The molecule has 0 spiro atoms. The van der Waals surface area contributed by atoms with Gasteiger partial charge in [-0.25, -0.2) is 0 Å². The van der Waals surface area contributed by atoms with Gasteiger partial charge in [-0.3, -0.25) is 14.5 Å². The molecule has 0 radical (unpaired) electrons. The van der Waals surface area contributed by atoms with E-state index >= 15 is 0 Å². The number of nitrogens with zero attached hydrogens (tertiary/aromatic N) is 1. The second kappa shape index (κ2) is 11.9. The number of halogens is 3. The van der Waals surface area contributed by atoms with Crippen LogP contribution in [-0.2, 0) is 17.9 Å². The molecule has 0 bridgehead atoms. The van der Waals surface area contributed by atoms with Gasteiger partial charge < -0.3 is 9.47 Å². The predicted octanol–water partition coefficient (Wildman–Crippen LogP) is 8.12. The molecule has 1 aliphatic rings. The topological polar surface area (TPSA) is 55.8 Å². The zero-order valence-corrected chi connectivity index (χ0v) is 24.0. The van der Waals surface area contributed by atoms with Crippen molar-refractivity contribution in [2.45, 2.75) is 27.0 Å². The van der Waals surface area contributed by atoms with E-state index in [0.29, 0.717) is 45.2 Å². The number of carbonyl (C=O) groups is 2. The third-order valence-electron chi connectivity index (χ3n) is 5.51. The molecule has 36 heavy (non-hydrogen) atoms. The molecule has 0 unspecified atom stereocenters. The van der Waals surface area contributed by atoms with Gasteiger partial charge in [0.1, 0.15) is 6.61 Å². The van der Waals surface area contributed by atoms with Gasteiger partial charge in [-0.2, -0.15) is 0 Å². The normalized spacial score (nSPS) is 14.6. The minimum atomic E-state index is -0.395. The highest BCUT2D eigenvalue weighted by molar-refractivity contribution is 14.1. The quantitative estimate of drug-likeness (QED) is 0.182. The van der Waals surface area contributed by atoms with Crippen molar-refractivity contribution < 1.29 is 19.1 Å². The van der Waals surface area contributed by atoms with E-state index in [-0.39, 0.29) is 11.8 Å². The van der Waals surface area contributed by atoms with Crippen LogP contribution in [0.5, 0.6) is 11.5 Å². The fraction of sp³-hybridized carbons (Fsp3) is 0.185. The molecule has 0 N–H and O–H groups in total. The van der Waals surface area contributed by atoms with Gasteiger partial charge in [0.15, 0.2) is 11.5 Å². The SMILES string of the molecule is CCOc1cc(/C=C2\SC(=O)N(Cc3c(Cl)cccc3Cl)C2=O)cc(I)c1OCc1ccccc1C. The van der Waals surface area contributed by atoms with Gasteiger partial charge in [0, 0.05) is 15.6 Å². The van der Waals surface area contributed by atoms with Crippen LogP contribution >= 0.6 is 57.6 Å². The highest BCUT2D eigenvalue weighted by Crippen LogP contribution is 2.39. The third kappa shape index (κ3) is 6.02. The zero-order valence-electron chi connectivity index (χ0n) is 19.5. The Labute approximate surface area is 237 Å². The highest BCUT2D eigenvalue weighted by Gasteiger charge is 2.35. The number of amides is 2. The number of hydrogen-bond donors (Lipinski definition) is 0. The van der Waals surface area contributed by atoms with Crippen LogP contribution in [-0.4, -0.2) is 22.7 Å². The summed E-state index contributed by atoms with van der Waals surface area (Å²) < 4.78 is 12.8. The minimum absolute atomic E-state index is 0.00786. The molecule has 3 aromatic rings. The maximum atomic E-state index is 13.1. The Morgan fingerprint density at radius 3 is 2.44 bits per heavy atom. The largest absolute Gasteiger partial charge is 0.490 e. The van der Waals surface area contributed by atoms with E-state index in [2.05, 4.69) is 22.6 Å². The second-order valence-electron chi connectivity index (χ2n) is 7.95. The van der Waals surface area contributed by atoms with Crippen LogP contribution < -0.4 is 9.47 Å². The van der Waals surface area contributed by atoms with E-state index in [1.165, 1.54) is 0 Å². The summed E-state index contributed by atoms with van der Waals surface area (Å²) in [6.45, 7) is 4.81. The summed E-state index contributed by atoms with van der Waals surface area (Å²) in [6.07, 6.45) is 1.69. The van der Waals surface area contributed by atoms with Crippen LogP contribution in [0.3, 0.4) is 0 Å². The lowest BCUT2D eigenvalue weighted by molar-refractivity contribution is -0.123. The van der Waals surface area contributed by atoms with Crippen molar-refractivity contribution in [3.63, 3.8) is 0 Å². The van der Waals surface area contributed by atoms with E-state index in [4.69, 9.17) is 32.7 Å². The molecule has 2 amide bonds. The van der Waals surface area contributed by atoms with E-state index in [1.54, 1.807) is 24.3 Å². The summed E-state index contributed by atoms with van der Waals surface area (Å²) >= 11 is 15.6. The van der Waals surface area contributed by atoms with Gasteiger partial charge in [-0.15, -0.1) is 0 Å². The van der Waals surface area contributed by atoms with Crippen molar-refractivity contribution in [3.05, 3.63) is 95.4 Å². The summed E-state index contributed by atoms with van der Waals surface area (Å²) in [5, 5.41) is 0.436. The molecule has 186 valence electrons. The molecule has 1 heterocycles. The van der Waals surface area contributed by atoms with Crippen molar-refractivity contribution in [3.8, 4) is 11.5 Å². The van der Waals surface area contributed by atoms with Crippen LogP contribution in [0.1, 0.15) is 29.2 Å². The van der Waals surface area contributed by atoms with Crippen molar-refractivity contribution in [2.24, 2.45) is 0 Å². The molecule has 5 nitrogen and oxygen atoms in total. The fourth-order valence-electron chi connectivity index (χ4n) is 3.63. The average Bonchev–Trinajstić information content (AvgIpc) is 3.09. The fourth-order valence-corrected chi connectivity index (χ4v) is 5.76. The summed E-state index contributed by atoms with van der Waals surface area (Å²) in [7, 11) is 0. The zero-order chi connectivity index (χ0) is 25.8. The van der Waals surface area contributed by atoms with E-state index in [9.17, 15) is 9.59 Å². The van der Waals surface area contributed by atoms with Gasteiger partial charge in [-0.05, 0) is 95.2 Å². The first-order valence-corrected chi connectivity index (χ1v) is 13.8. The third-order valence-corrected chi connectivity index (χ3v) is 7.93. The molecule has 1 aliphatic heterocycles. The number of aryl methyl sites for hydroxylation is 1. The monoisotopic (exact) mass is 653 g/mol. The number of hydrogen-bond acceptors (Lipinski definition) is 5. The number of benzene rings is 3. The number of imide groups is 1. The lowest BCUT2D eigenvalue weighted by Gasteiger charge is -2.16. The van der Waals surface area contributed by atoms with Gasteiger partial charge in [-0.1, -0.05) is 53.5 Å². The summed E-state index contributed by atoms with van der Waals surface area (Å²) in [5.41, 5.74) is 3.50. The van der Waals surface area contributed by atoms with Crippen LogP contribution in [0.4, 0.5) is 4.79 Å². The van der Waals surface area contributed by atoms with Crippen molar-refractivity contribution in [1.29, 1.82) is 0 Å². The first kappa shape index (κ1) is 26.9. The number of thioether (sulfide) groups is 1. The Morgan fingerprint density at radius 2 is 1.75 bits per heavy atom. The molecular weight excluding hydrogens is 632 g/mol. The van der Waals surface area contributed by atoms with E-state index < -0.39 is 5.91 Å². The number of rotatable bonds is 8.